The van der Waals surface area contributed by atoms with Crippen LogP contribution in [0.5, 0.6) is 17.4 Å². The standard InChI is InChI=1S/C20H21N3O3/c1-12-5-7-15(18-19(12)25-11-20(18,3)4)26-16-8-6-14(9-22-16)23-13(2)21-10-17(23)24/h5-9H,10-11H2,1-4H3. The molecule has 2 aliphatic heterocycles. The van der Waals surface area contributed by atoms with Crippen molar-refractivity contribution in [2.24, 2.45) is 4.99 Å². The van der Waals surface area contributed by atoms with Crippen molar-refractivity contribution >= 4 is 17.4 Å². The van der Waals surface area contributed by atoms with Gasteiger partial charge in [0.05, 0.1) is 18.5 Å². The number of carbonyl (C=O) groups is 1. The van der Waals surface area contributed by atoms with Crippen LogP contribution in [0.1, 0.15) is 31.9 Å². The van der Waals surface area contributed by atoms with Crippen molar-refractivity contribution in [2.45, 2.75) is 33.1 Å². The van der Waals surface area contributed by atoms with E-state index in [9.17, 15) is 4.79 Å². The van der Waals surface area contributed by atoms with E-state index in [1.165, 1.54) is 0 Å². The molecule has 1 aromatic carbocycles. The highest BCUT2D eigenvalue weighted by molar-refractivity contribution is 6.20. The van der Waals surface area contributed by atoms with Gasteiger partial charge in [0.15, 0.2) is 0 Å². The first kappa shape index (κ1) is 16.6. The number of rotatable bonds is 3. The van der Waals surface area contributed by atoms with Gasteiger partial charge in [-0.15, -0.1) is 0 Å². The lowest BCUT2D eigenvalue weighted by atomic mass is 9.85. The molecule has 0 saturated carbocycles. The van der Waals surface area contributed by atoms with Crippen molar-refractivity contribution in [3.8, 4) is 17.4 Å². The molecule has 1 aromatic heterocycles. The molecule has 26 heavy (non-hydrogen) atoms. The van der Waals surface area contributed by atoms with Gasteiger partial charge in [-0.2, -0.15) is 0 Å². The number of amidine groups is 1. The van der Waals surface area contributed by atoms with E-state index in [0.29, 0.717) is 24.0 Å². The number of ether oxygens (including phenoxy) is 2. The molecule has 6 nitrogen and oxygen atoms in total. The van der Waals surface area contributed by atoms with E-state index in [-0.39, 0.29) is 17.9 Å². The Hall–Kier alpha value is -2.89. The molecule has 2 aliphatic rings. The maximum atomic E-state index is 11.9. The van der Waals surface area contributed by atoms with E-state index in [0.717, 1.165) is 22.6 Å². The normalized spacial score (nSPS) is 17.8. The van der Waals surface area contributed by atoms with Gasteiger partial charge in [-0.05, 0) is 31.5 Å². The van der Waals surface area contributed by atoms with Crippen molar-refractivity contribution in [1.82, 2.24) is 4.98 Å². The number of fused-ring (bicyclic) bond motifs is 1. The monoisotopic (exact) mass is 351 g/mol. The number of amides is 1. The van der Waals surface area contributed by atoms with Gasteiger partial charge in [-0.3, -0.25) is 14.7 Å². The van der Waals surface area contributed by atoms with Crippen molar-refractivity contribution in [3.63, 3.8) is 0 Å². The summed E-state index contributed by atoms with van der Waals surface area (Å²) in [5, 5.41) is 0. The Labute approximate surface area is 152 Å². The fraction of sp³-hybridized carbons (Fsp3) is 0.350. The lowest BCUT2D eigenvalue weighted by molar-refractivity contribution is -0.115. The maximum absolute atomic E-state index is 11.9. The summed E-state index contributed by atoms with van der Waals surface area (Å²) in [6.45, 7) is 8.95. The van der Waals surface area contributed by atoms with Crippen LogP contribution in [0.3, 0.4) is 0 Å². The Morgan fingerprint density at radius 1 is 1.19 bits per heavy atom. The number of hydrogen-bond acceptors (Lipinski definition) is 5. The molecule has 0 saturated heterocycles. The highest BCUT2D eigenvalue weighted by Gasteiger charge is 2.36. The van der Waals surface area contributed by atoms with Crippen LogP contribution in [0.25, 0.3) is 0 Å². The lowest BCUT2D eigenvalue weighted by Crippen LogP contribution is -2.30. The summed E-state index contributed by atoms with van der Waals surface area (Å²) in [4.78, 5) is 22.0. The minimum atomic E-state index is -0.119. The smallest absolute Gasteiger partial charge is 0.254 e. The number of aliphatic imine (C=N–C) groups is 1. The van der Waals surface area contributed by atoms with Crippen molar-refractivity contribution in [2.75, 3.05) is 18.1 Å². The number of pyridine rings is 1. The van der Waals surface area contributed by atoms with Gasteiger partial charge in [0.1, 0.15) is 23.9 Å². The van der Waals surface area contributed by atoms with Crippen LogP contribution in [-0.2, 0) is 10.2 Å². The molecular formula is C20H21N3O3. The van der Waals surface area contributed by atoms with E-state index in [1.54, 1.807) is 17.2 Å². The Bertz CT molecular complexity index is 917. The number of benzene rings is 1. The zero-order chi connectivity index (χ0) is 18.5. The highest BCUT2D eigenvalue weighted by atomic mass is 16.5. The first-order chi connectivity index (χ1) is 12.4. The SMILES string of the molecule is CC1=NCC(=O)N1c1ccc(Oc2ccc(C)c3c2C(C)(C)CO3)nc1. The summed E-state index contributed by atoms with van der Waals surface area (Å²) in [5.74, 6) is 2.76. The predicted molar refractivity (Wildman–Crippen MR) is 99.5 cm³/mol. The van der Waals surface area contributed by atoms with Crippen molar-refractivity contribution < 1.29 is 14.3 Å². The minimum absolute atomic E-state index is 0.0479. The average Bonchev–Trinajstić information content (AvgIpc) is 3.11. The van der Waals surface area contributed by atoms with Gasteiger partial charge in [-0.1, -0.05) is 19.9 Å². The van der Waals surface area contributed by atoms with Gasteiger partial charge in [0.2, 0.25) is 5.88 Å². The highest BCUT2D eigenvalue weighted by Crippen LogP contribution is 2.47. The largest absolute Gasteiger partial charge is 0.492 e. The Kier molecular flexibility index (Phi) is 3.72. The summed E-state index contributed by atoms with van der Waals surface area (Å²) in [6, 6.07) is 7.54. The molecule has 6 heteroatoms. The van der Waals surface area contributed by atoms with E-state index in [2.05, 4.69) is 23.8 Å². The summed E-state index contributed by atoms with van der Waals surface area (Å²) in [5.41, 5.74) is 2.75. The van der Waals surface area contributed by atoms with Gasteiger partial charge in [-0.25, -0.2) is 4.98 Å². The Balaban J connectivity index is 1.63. The van der Waals surface area contributed by atoms with Crippen LogP contribution < -0.4 is 14.4 Å². The molecule has 0 atom stereocenters. The third kappa shape index (κ3) is 2.62. The second-order valence-corrected chi connectivity index (χ2v) is 7.31. The molecule has 0 bridgehead atoms. The molecule has 0 N–H and O–H groups in total. The summed E-state index contributed by atoms with van der Waals surface area (Å²) < 4.78 is 11.9. The van der Waals surface area contributed by atoms with E-state index in [1.807, 2.05) is 32.0 Å². The molecule has 4 rings (SSSR count). The second kappa shape index (κ2) is 5.83. The first-order valence-corrected chi connectivity index (χ1v) is 8.61. The summed E-state index contributed by atoms with van der Waals surface area (Å²) in [6.07, 6.45) is 1.63. The average molecular weight is 351 g/mol. The van der Waals surface area contributed by atoms with Crippen LogP contribution in [0.4, 0.5) is 5.69 Å². The predicted octanol–water partition coefficient (Wildman–Crippen LogP) is 3.62. The molecule has 0 radical (unpaired) electrons. The number of carbonyl (C=O) groups excluding carboxylic acids is 1. The molecule has 2 aromatic rings. The van der Waals surface area contributed by atoms with Crippen LogP contribution in [0.2, 0.25) is 0 Å². The quantitative estimate of drug-likeness (QED) is 0.847. The van der Waals surface area contributed by atoms with Crippen molar-refractivity contribution in [3.05, 3.63) is 41.6 Å². The number of aryl methyl sites for hydroxylation is 1. The van der Waals surface area contributed by atoms with Crippen LogP contribution >= 0.6 is 0 Å². The number of nitrogens with zero attached hydrogens (tertiary/aromatic N) is 3. The number of hydrogen-bond donors (Lipinski definition) is 0. The van der Waals surface area contributed by atoms with Gasteiger partial charge >= 0.3 is 0 Å². The third-order valence-corrected chi connectivity index (χ3v) is 4.78. The van der Waals surface area contributed by atoms with Crippen LogP contribution in [0, 0.1) is 6.92 Å². The fourth-order valence-electron chi connectivity index (χ4n) is 3.42. The van der Waals surface area contributed by atoms with Crippen molar-refractivity contribution in [1.29, 1.82) is 0 Å². The van der Waals surface area contributed by atoms with E-state index in [4.69, 9.17) is 9.47 Å². The van der Waals surface area contributed by atoms with Gasteiger partial charge in [0, 0.05) is 17.0 Å². The minimum Gasteiger partial charge on any atom is -0.492 e. The maximum Gasteiger partial charge on any atom is 0.254 e. The molecule has 0 fully saturated rings. The summed E-state index contributed by atoms with van der Waals surface area (Å²) in [7, 11) is 0. The number of aromatic nitrogens is 1. The topological polar surface area (TPSA) is 64.0 Å². The zero-order valence-corrected chi connectivity index (χ0v) is 15.4. The molecule has 0 aliphatic carbocycles. The Morgan fingerprint density at radius 2 is 2.00 bits per heavy atom. The van der Waals surface area contributed by atoms with Gasteiger partial charge < -0.3 is 9.47 Å². The fourth-order valence-corrected chi connectivity index (χ4v) is 3.42. The van der Waals surface area contributed by atoms with E-state index < -0.39 is 0 Å². The van der Waals surface area contributed by atoms with Gasteiger partial charge in [0.25, 0.3) is 5.91 Å². The molecular weight excluding hydrogens is 330 g/mol. The Morgan fingerprint density at radius 3 is 2.65 bits per heavy atom. The third-order valence-electron chi connectivity index (χ3n) is 4.78. The molecule has 3 heterocycles. The van der Waals surface area contributed by atoms with Crippen LogP contribution in [0.15, 0.2) is 35.5 Å². The second-order valence-electron chi connectivity index (χ2n) is 7.31. The lowest BCUT2D eigenvalue weighted by Gasteiger charge is -2.20. The summed E-state index contributed by atoms with van der Waals surface area (Å²) >= 11 is 0. The molecule has 0 spiro atoms. The molecule has 1 amide bonds. The number of anilines is 1. The molecule has 134 valence electrons. The first-order valence-electron chi connectivity index (χ1n) is 8.61. The van der Waals surface area contributed by atoms with Crippen LogP contribution in [-0.4, -0.2) is 29.9 Å². The van der Waals surface area contributed by atoms with E-state index >= 15 is 0 Å². The zero-order valence-electron chi connectivity index (χ0n) is 15.4. The molecule has 0 unspecified atom stereocenters.